The van der Waals surface area contributed by atoms with Gasteiger partial charge < -0.3 is 10.1 Å². The van der Waals surface area contributed by atoms with Crippen molar-refractivity contribution < 1.29 is 17.9 Å². The Morgan fingerprint density at radius 2 is 1.59 bits per heavy atom. The molecule has 7 heteroatoms. The Labute approximate surface area is 161 Å². The predicted octanol–water partition coefficient (Wildman–Crippen LogP) is 1.90. The van der Waals surface area contributed by atoms with Crippen molar-refractivity contribution in [2.75, 3.05) is 26.8 Å². The van der Waals surface area contributed by atoms with Crippen LogP contribution in [0, 0.1) is 0 Å². The molecule has 2 rings (SSSR count). The zero-order valence-electron chi connectivity index (χ0n) is 15.5. The number of carbonyl (C=O) groups excluding carboxylic acids is 1. The lowest BCUT2D eigenvalue weighted by atomic mass is 10.1. The molecule has 0 aromatic heterocycles. The van der Waals surface area contributed by atoms with Gasteiger partial charge in [-0.15, -0.1) is 0 Å². The molecule has 0 aliphatic heterocycles. The molecule has 0 spiro atoms. The molecule has 2 N–H and O–H groups in total. The molecule has 0 radical (unpaired) electrons. The summed E-state index contributed by atoms with van der Waals surface area (Å²) in [5.74, 6) is -0.0497. The molecule has 2 aromatic rings. The van der Waals surface area contributed by atoms with Crippen LogP contribution in [0.2, 0.25) is 0 Å². The Kier molecular flexibility index (Phi) is 8.44. The van der Waals surface area contributed by atoms with Gasteiger partial charge in [-0.2, -0.15) is 0 Å². The lowest BCUT2D eigenvalue weighted by Gasteiger charge is -2.08. The van der Waals surface area contributed by atoms with Crippen LogP contribution in [0.1, 0.15) is 17.5 Å². The first kappa shape index (κ1) is 21.1. The maximum atomic E-state index is 12.4. The molecule has 0 bridgehead atoms. The van der Waals surface area contributed by atoms with Crippen LogP contribution in [0.15, 0.2) is 59.5 Å². The van der Waals surface area contributed by atoms with E-state index in [1.165, 1.54) is 0 Å². The summed E-state index contributed by atoms with van der Waals surface area (Å²) in [5.41, 5.74) is 2.00. The van der Waals surface area contributed by atoms with Gasteiger partial charge in [0.2, 0.25) is 15.9 Å². The van der Waals surface area contributed by atoms with E-state index in [-0.39, 0.29) is 10.8 Å². The van der Waals surface area contributed by atoms with Gasteiger partial charge >= 0.3 is 0 Å². The highest BCUT2D eigenvalue weighted by Gasteiger charge is 2.13. The number of benzene rings is 2. The standard InChI is InChI=1S/C20H26N2O4S/c1-26-16-15-21-20(23)12-9-18-7-10-19(11-8-18)27(24,25)22-14-13-17-5-3-2-4-6-17/h2-8,10-11,22H,9,12-16H2,1H3,(H,21,23). The monoisotopic (exact) mass is 390 g/mol. The predicted molar refractivity (Wildman–Crippen MR) is 105 cm³/mol. The van der Waals surface area contributed by atoms with Gasteiger partial charge in [0, 0.05) is 26.6 Å². The molecule has 1 amide bonds. The number of sulfonamides is 1. The number of rotatable bonds is 11. The van der Waals surface area contributed by atoms with Gasteiger partial charge in [-0.3, -0.25) is 4.79 Å². The highest BCUT2D eigenvalue weighted by molar-refractivity contribution is 7.89. The number of aryl methyl sites for hydroxylation is 1. The van der Waals surface area contributed by atoms with Crippen LogP contribution in [0.4, 0.5) is 0 Å². The maximum Gasteiger partial charge on any atom is 0.240 e. The van der Waals surface area contributed by atoms with Crippen LogP contribution in [-0.2, 0) is 32.4 Å². The Hall–Kier alpha value is -2.22. The van der Waals surface area contributed by atoms with Crippen LogP contribution >= 0.6 is 0 Å². The molecule has 2 aromatic carbocycles. The number of hydrogen-bond acceptors (Lipinski definition) is 4. The molecule has 6 nitrogen and oxygen atoms in total. The fourth-order valence-electron chi connectivity index (χ4n) is 2.53. The Morgan fingerprint density at radius 1 is 0.926 bits per heavy atom. The summed E-state index contributed by atoms with van der Waals surface area (Å²) in [6.45, 7) is 1.31. The third kappa shape index (κ3) is 7.50. The van der Waals surface area contributed by atoms with Crippen molar-refractivity contribution in [3.63, 3.8) is 0 Å². The van der Waals surface area contributed by atoms with Gasteiger partial charge in [0.25, 0.3) is 0 Å². The van der Waals surface area contributed by atoms with Crippen molar-refractivity contribution in [1.29, 1.82) is 0 Å². The number of nitrogens with one attached hydrogen (secondary N) is 2. The average Bonchev–Trinajstić information content (AvgIpc) is 2.68. The van der Waals surface area contributed by atoms with E-state index >= 15 is 0 Å². The van der Waals surface area contributed by atoms with Crippen molar-refractivity contribution in [2.24, 2.45) is 0 Å². The van der Waals surface area contributed by atoms with Crippen LogP contribution in [0.3, 0.4) is 0 Å². The van der Waals surface area contributed by atoms with Gasteiger partial charge in [0.05, 0.1) is 11.5 Å². The third-order valence-corrected chi connectivity index (χ3v) is 5.53. The summed E-state index contributed by atoms with van der Waals surface area (Å²) in [4.78, 5) is 11.9. The molecule has 27 heavy (non-hydrogen) atoms. The van der Waals surface area contributed by atoms with E-state index in [9.17, 15) is 13.2 Å². The Morgan fingerprint density at radius 3 is 2.26 bits per heavy atom. The molecule has 0 saturated heterocycles. The number of ether oxygens (including phenoxy) is 1. The quantitative estimate of drug-likeness (QED) is 0.574. The molecule has 0 saturated carbocycles. The summed E-state index contributed by atoms with van der Waals surface area (Å²) in [6.07, 6.45) is 1.54. The highest BCUT2D eigenvalue weighted by atomic mass is 32.2. The first-order chi connectivity index (χ1) is 13.0. The van der Waals surface area contributed by atoms with E-state index in [1.54, 1.807) is 31.4 Å². The normalized spacial score (nSPS) is 11.3. The highest BCUT2D eigenvalue weighted by Crippen LogP contribution is 2.12. The molecule has 0 aliphatic carbocycles. The van der Waals surface area contributed by atoms with Crippen molar-refractivity contribution in [1.82, 2.24) is 10.0 Å². The molecular formula is C20H26N2O4S. The molecule has 0 heterocycles. The second-order valence-electron chi connectivity index (χ2n) is 6.12. The van der Waals surface area contributed by atoms with Crippen LogP contribution in [0.5, 0.6) is 0 Å². The minimum Gasteiger partial charge on any atom is -0.383 e. The lowest BCUT2D eigenvalue weighted by molar-refractivity contribution is -0.121. The van der Waals surface area contributed by atoms with Crippen LogP contribution in [-0.4, -0.2) is 41.1 Å². The number of carbonyl (C=O) groups is 1. The molecule has 0 aliphatic rings. The van der Waals surface area contributed by atoms with Crippen LogP contribution in [0.25, 0.3) is 0 Å². The summed E-state index contributed by atoms with van der Waals surface area (Å²) in [6, 6.07) is 16.4. The maximum absolute atomic E-state index is 12.4. The van der Waals surface area contributed by atoms with Crippen molar-refractivity contribution in [3.05, 3.63) is 65.7 Å². The van der Waals surface area contributed by atoms with Crippen molar-refractivity contribution in [3.8, 4) is 0 Å². The van der Waals surface area contributed by atoms with Gasteiger partial charge in [0.15, 0.2) is 0 Å². The molecule has 0 fully saturated rings. The summed E-state index contributed by atoms with van der Waals surface area (Å²) in [7, 11) is -1.95. The summed E-state index contributed by atoms with van der Waals surface area (Å²) < 4.78 is 32.2. The fourth-order valence-corrected chi connectivity index (χ4v) is 3.56. The van der Waals surface area contributed by atoms with E-state index in [1.807, 2.05) is 30.3 Å². The average molecular weight is 391 g/mol. The van der Waals surface area contributed by atoms with Gasteiger partial charge in [-0.25, -0.2) is 13.1 Å². The Bertz CT molecular complexity index is 806. The first-order valence-corrected chi connectivity index (χ1v) is 10.4. The lowest BCUT2D eigenvalue weighted by Crippen LogP contribution is -2.27. The van der Waals surface area contributed by atoms with Gasteiger partial charge in [0.1, 0.15) is 0 Å². The Balaban J connectivity index is 1.81. The van der Waals surface area contributed by atoms with Crippen molar-refractivity contribution in [2.45, 2.75) is 24.2 Å². The smallest absolute Gasteiger partial charge is 0.240 e. The molecule has 146 valence electrons. The minimum atomic E-state index is -3.54. The fraction of sp³-hybridized carbons (Fsp3) is 0.350. The second kappa shape index (κ2) is 10.8. The summed E-state index contributed by atoms with van der Waals surface area (Å²) in [5, 5.41) is 2.76. The van der Waals surface area contributed by atoms with Crippen LogP contribution < -0.4 is 10.0 Å². The summed E-state index contributed by atoms with van der Waals surface area (Å²) >= 11 is 0. The van der Waals surface area contributed by atoms with E-state index in [2.05, 4.69) is 10.0 Å². The van der Waals surface area contributed by atoms with E-state index in [0.717, 1.165) is 11.1 Å². The third-order valence-electron chi connectivity index (χ3n) is 4.05. The number of methoxy groups -OCH3 is 1. The number of hydrogen-bond donors (Lipinski definition) is 2. The molecular weight excluding hydrogens is 364 g/mol. The largest absolute Gasteiger partial charge is 0.383 e. The molecule has 0 unspecified atom stereocenters. The SMILES string of the molecule is COCCNC(=O)CCc1ccc(S(=O)(=O)NCCc2ccccc2)cc1. The molecule has 0 atom stereocenters. The second-order valence-corrected chi connectivity index (χ2v) is 7.89. The van der Waals surface area contributed by atoms with E-state index < -0.39 is 10.0 Å². The first-order valence-electron chi connectivity index (χ1n) is 8.89. The number of amides is 1. The topological polar surface area (TPSA) is 84.5 Å². The zero-order valence-corrected chi connectivity index (χ0v) is 16.3. The van der Waals surface area contributed by atoms with E-state index in [4.69, 9.17) is 4.74 Å². The van der Waals surface area contributed by atoms with Crippen molar-refractivity contribution >= 4 is 15.9 Å². The minimum absolute atomic E-state index is 0.0497. The van der Waals surface area contributed by atoms with Gasteiger partial charge in [-0.1, -0.05) is 42.5 Å². The van der Waals surface area contributed by atoms with E-state index in [0.29, 0.717) is 39.0 Å². The zero-order chi connectivity index (χ0) is 19.5. The van der Waals surface area contributed by atoms with Gasteiger partial charge in [-0.05, 0) is 36.1 Å².